The van der Waals surface area contributed by atoms with Gasteiger partial charge >= 0.3 is 0 Å². The van der Waals surface area contributed by atoms with Gasteiger partial charge in [-0.3, -0.25) is 4.79 Å². The number of imidazole rings is 1. The molecule has 0 saturated heterocycles. The number of halogens is 2. The quantitative estimate of drug-likeness (QED) is 0.300. The molecule has 0 aliphatic rings. The number of amides is 1. The first kappa shape index (κ1) is 23.0. The molecule has 0 saturated carbocycles. The Hall–Kier alpha value is -3.18. The van der Waals surface area contributed by atoms with Gasteiger partial charge in [-0.25, -0.2) is 9.97 Å². The number of rotatable bonds is 6. The Kier molecular flexibility index (Phi) is 6.80. The molecule has 0 bridgehead atoms. The fourth-order valence-corrected chi connectivity index (χ4v) is 5.18. The van der Waals surface area contributed by atoms with E-state index in [9.17, 15) is 10.1 Å². The van der Waals surface area contributed by atoms with Crippen molar-refractivity contribution >= 4 is 46.3 Å². The molecule has 6 nitrogen and oxygen atoms in total. The second kappa shape index (κ2) is 9.75. The molecule has 3 aromatic heterocycles. The van der Waals surface area contributed by atoms with Gasteiger partial charge in [-0.05, 0) is 35.7 Å². The van der Waals surface area contributed by atoms with E-state index in [1.54, 1.807) is 42.9 Å². The Bertz CT molecular complexity index is 1360. The third-order valence-corrected chi connectivity index (χ3v) is 6.61. The fourth-order valence-electron chi connectivity index (χ4n) is 3.45. The van der Waals surface area contributed by atoms with Crippen LogP contribution in [0.3, 0.4) is 0 Å². The number of pyridine rings is 1. The van der Waals surface area contributed by atoms with Crippen LogP contribution in [0.4, 0.5) is 5.82 Å². The topological polar surface area (TPSA) is 94.5 Å². The molecule has 1 aromatic carbocycles. The van der Waals surface area contributed by atoms with Gasteiger partial charge in [0.2, 0.25) is 5.91 Å². The fraction of sp³-hybridized carbons (Fsp3) is 0.167. The number of thiophene rings is 1. The molecule has 0 unspecified atom stereocenters. The van der Waals surface area contributed by atoms with Gasteiger partial charge in [0.05, 0.1) is 15.3 Å². The maximum atomic E-state index is 12.2. The number of hydrogen-bond acceptors (Lipinski definition) is 5. The van der Waals surface area contributed by atoms with Crippen LogP contribution in [0.1, 0.15) is 25.8 Å². The van der Waals surface area contributed by atoms with Crippen molar-refractivity contribution in [3.8, 4) is 38.3 Å². The van der Waals surface area contributed by atoms with Crippen LogP contribution >= 0.6 is 34.5 Å². The lowest BCUT2D eigenvalue weighted by Crippen LogP contribution is -2.14. The van der Waals surface area contributed by atoms with E-state index >= 15 is 0 Å². The molecule has 0 aliphatic heterocycles. The number of nitrogens with zero attached hydrogens (tertiary/aromatic N) is 3. The Balaban J connectivity index is 1.87. The standard InChI is InChI=1S/C24H19Cl2N5OS/c1-13(2)9-20(32)31-19-10-14(5-6-28-19)22-17(12-27)21(16-4-3-15(25)11-18(16)26)23(33-22)24-29-7-8-30-24/h3-8,10-11,13H,9H2,1-2H3,(H,29,30)(H,28,31,32). The van der Waals surface area contributed by atoms with Gasteiger partial charge in [-0.1, -0.05) is 43.1 Å². The van der Waals surface area contributed by atoms with Crippen molar-refractivity contribution in [2.45, 2.75) is 20.3 Å². The Morgan fingerprint density at radius 1 is 1.18 bits per heavy atom. The molecule has 4 aromatic rings. The van der Waals surface area contributed by atoms with Gasteiger partial charge in [0, 0.05) is 46.2 Å². The summed E-state index contributed by atoms with van der Waals surface area (Å²) < 4.78 is 0. The summed E-state index contributed by atoms with van der Waals surface area (Å²) in [6, 6.07) is 11.1. The SMILES string of the molecule is CC(C)CC(=O)Nc1cc(-c2sc(-c3ncc[nH]3)c(-c3ccc(Cl)cc3Cl)c2C#N)ccn1. The summed E-state index contributed by atoms with van der Waals surface area (Å²) in [6.07, 6.45) is 5.39. The van der Waals surface area contributed by atoms with Crippen molar-refractivity contribution in [2.75, 3.05) is 5.32 Å². The first-order chi connectivity index (χ1) is 15.9. The summed E-state index contributed by atoms with van der Waals surface area (Å²) >= 11 is 14.0. The molecular weight excluding hydrogens is 477 g/mol. The van der Waals surface area contributed by atoms with E-state index in [1.807, 2.05) is 19.9 Å². The summed E-state index contributed by atoms with van der Waals surface area (Å²) in [5.74, 6) is 1.19. The number of nitriles is 1. The number of hydrogen-bond donors (Lipinski definition) is 2. The van der Waals surface area contributed by atoms with Crippen LogP contribution in [0.2, 0.25) is 10.0 Å². The summed E-state index contributed by atoms with van der Waals surface area (Å²) in [7, 11) is 0. The third kappa shape index (κ3) is 4.93. The number of carbonyl (C=O) groups is 1. The number of aromatic amines is 1. The van der Waals surface area contributed by atoms with E-state index in [4.69, 9.17) is 23.2 Å². The lowest BCUT2D eigenvalue weighted by Gasteiger charge is -2.08. The highest BCUT2D eigenvalue weighted by Crippen LogP contribution is 2.48. The third-order valence-electron chi connectivity index (χ3n) is 4.82. The summed E-state index contributed by atoms with van der Waals surface area (Å²) in [5.41, 5.74) is 2.58. The number of nitrogens with one attached hydrogen (secondary N) is 2. The average Bonchev–Trinajstić information content (AvgIpc) is 3.41. The average molecular weight is 496 g/mol. The van der Waals surface area contributed by atoms with Crippen LogP contribution in [0, 0.1) is 17.2 Å². The molecule has 4 rings (SSSR count). The lowest BCUT2D eigenvalue weighted by molar-refractivity contribution is -0.116. The minimum absolute atomic E-state index is 0.105. The molecule has 166 valence electrons. The van der Waals surface area contributed by atoms with Crippen LogP contribution < -0.4 is 5.32 Å². The predicted octanol–water partition coefficient (Wildman–Crippen LogP) is 7.03. The minimum Gasteiger partial charge on any atom is -0.344 e. The van der Waals surface area contributed by atoms with Crippen molar-refractivity contribution in [1.82, 2.24) is 15.0 Å². The Morgan fingerprint density at radius 2 is 2.00 bits per heavy atom. The van der Waals surface area contributed by atoms with Gasteiger partial charge < -0.3 is 10.3 Å². The smallest absolute Gasteiger partial charge is 0.225 e. The highest BCUT2D eigenvalue weighted by Gasteiger charge is 2.25. The largest absolute Gasteiger partial charge is 0.344 e. The van der Waals surface area contributed by atoms with E-state index in [2.05, 4.69) is 26.3 Å². The Labute approximate surface area is 205 Å². The minimum atomic E-state index is -0.105. The van der Waals surface area contributed by atoms with Gasteiger partial charge in [-0.15, -0.1) is 11.3 Å². The molecular formula is C24H19Cl2N5OS. The molecule has 1 amide bonds. The first-order valence-electron chi connectivity index (χ1n) is 10.2. The van der Waals surface area contributed by atoms with E-state index in [1.165, 1.54) is 11.3 Å². The van der Waals surface area contributed by atoms with Crippen molar-refractivity contribution in [2.24, 2.45) is 5.92 Å². The maximum Gasteiger partial charge on any atom is 0.225 e. The van der Waals surface area contributed by atoms with Crippen LogP contribution in [0.15, 0.2) is 48.9 Å². The van der Waals surface area contributed by atoms with Crippen LogP contribution in [0.25, 0.3) is 32.3 Å². The van der Waals surface area contributed by atoms with Gasteiger partial charge in [0.25, 0.3) is 0 Å². The van der Waals surface area contributed by atoms with Crippen LogP contribution in [-0.4, -0.2) is 20.9 Å². The van der Waals surface area contributed by atoms with Crippen molar-refractivity contribution < 1.29 is 4.79 Å². The van der Waals surface area contributed by atoms with E-state index in [-0.39, 0.29) is 11.8 Å². The Morgan fingerprint density at radius 3 is 2.67 bits per heavy atom. The molecule has 0 radical (unpaired) electrons. The number of benzene rings is 1. The molecule has 0 atom stereocenters. The van der Waals surface area contributed by atoms with Gasteiger partial charge in [0.1, 0.15) is 17.7 Å². The monoisotopic (exact) mass is 495 g/mol. The van der Waals surface area contributed by atoms with Crippen molar-refractivity contribution in [3.63, 3.8) is 0 Å². The van der Waals surface area contributed by atoms with Gasteiger partial charge in [0.15, 0.2) is 0 Å². The van der Waals surface area contributed by atoms with E-state index in [0.717, 1.165) is 15.3 Å². The van der Waals surface area contributed by atoms with Crippen molar-refractivity contribution in [3.05, 3.63) is 64.5 Å². The lowest BCUT2D eigenvalue weighted by atomic mass is 9.98. The zero-order valence-electron chi connectivity index (χ0n) is 17.8. The molecule has 33 heavy (non-hydrogen) atoms. The summed E-state index contributed by atoms with van der Waals surface area (Å²) in [4.78, 5) is 25.5. The van der Waals surface area contributed by atoms with Crippen LogP contribution in [0.5, 0.6) is 0 Å². The van der Waals surface area contributed by atoms with Crippen molar-refractivity contribution in [1.29, 1.82) is 5.26 Å². The molecule has 9 heteroatoms. The molecule has 0 aliphatic carbocycles. The van der Waals surface area contributed by atoms with E-state index < -0.39 is 0 Å². The number of aromatic nitrogens is 3. The number of anilines is 1. The van der Waals surface area contributed by atoms with E-state index in [0.29, 0.717) is 44.8 Å². The first-order valence-corrected chi connectivity index (χ1v) is 11.7. The zero-order valence-corrected chi connectivity index (χ0v) is 20.1. The second-order valence-corrected chi connectivity index (χ2v) is 9.62. The predicted molar refractivity (Wildman–Crippen MR) is 133 cm³/mol. The van der Waals surface area contributed by atoms with Gasteiger partial charge in [-0.2, -0.15) is 5.26 Å². The normalized spacial score (nSPS) is 10.9. The molecule has 2 N–H and O–H groups in total. The summed E-state index contributed by atoms with van der Waals surface area (Å²) in [6.45, 7) is 3.96. The zero-order chi connectivity index (χ0) is 23.5. The van der Waals surface area contributed by atoms with Crippen LogP contribution in [-0.2, 0) is 4.79 Å². The highest BCUT2D eigenvalue weighted by molar-refractivity contribution is 7.19. The molecule has 0 fully saturated rings. The highest BCUT2D eigenvalue weighted by atomic mass is 35.5. The maximum absolute atomic E-state index is 12.2. The summed E-state index contributed by atoms with van der Waals surface area (Å²) in [5, 5.41) is 13.9. The molecule has 3 heterocycles. The number of H-pyrrole nitrogens is 1. The molecule has 0 spiro atoms. The second-order valence-electron chi connectivity index (χ2n) is 7.76. The number of carbonyl (C=O) groups excluding carboxylic acids is 1.